The number of sulfonamides is 1. The van der Waals surface area contributed by atoms with E-state index in [1.54, 1.807) is 29.8 Å². The third-order valence-electron chi connectivity index (χ3n) is 6.65. The molecule has 3 heterocycles. The highest BCUT2D eigenvalue weighted by Gasteiger charge is 2.37. The number of fused-ring (bicyclic) bond motifs is 1. The molecule has 2 aromatic rings. The molecule has 2 aliphatic rings. The molecule has 0 spiro atoms. The molecule has 1 amide bonds. The van der Waals surface area contributed by atoms with Gasteiger partial charge in [-0.05, 0) is 51.7 Å². The number of para-hydroxylation sites is 1. The van der Waals surface area contributed by atoms with Crippen LogP contribution in [0.15, 0.2) is 29.2 Å². The van der Waals surface area contributed by atoms with E-state index in [2.05, 4.69) is 6.07 Å². The number of hydrogen-bond donors (Lipinski definition) is 0. The molecule has 1 aromatic carbocycles. The molecule has 0 aliphatic carbocycles. The van der Waals surface area contributed by atoms with Crippen molar-refractivity contribution in [1.29, 1.82) is 0 Å². The lowest BCUT2D eigenvalue weighted by Crippen LogP contribution is -2.37. The number of aromatic nitrogens is 1. The number of anilines is 1. The Morgan fingerprint density at radius 3 is 2.33 bits per heavy atom. The van der Waals surface area contributed by atoms with Gasteiger partial charge < -0.3 is 9.47 Å². The van der Waals surface area contributed by atoms with Crippen LogP contribution < -0.4 is 4.90 Å². The summed E-state index contributed by atoms with van der Waals surface area (Å²) in [7, 11) is -1.84. The predicted molar refractivity (Wildman–Crippen MR) is 119 cm³/mol. The molecule has 162 valence electrons. The Labute approximate surface area is 179 Å². The highest BCUT2D eigenvalue weighted by atomic mass is 32.2. The van der Waals surface area contributed by atoms with Gasteiger partial charge in [0.05, 0.1) is 0 Å². The molecule has 1 saturated heterocycles. The molecule has 7 heteroatoms. The lowest BCUT2D eigenvalue weighted by atomic mass is 10.1. The lowest BCUT2D eigenvalue weighted by molar-refractivity contribution is 0.0972. The normalized spacial score (nSPS) is 20.3. The summed E-state index contributed by atoms with van der Waals surface area (Å²) in [5.41, 5.74) is 3.72. The average molecular weight is 430 g/mol. The summed E-state index contributed by atoms with van der Waals surface area (Å²) in [5, 5.41) is 0. The number of hydrogen-bond acceptors (Lipinski definition) is 3. The van der Waals surface area contributed by atoms with Gasteiger partial charge in [-0.2, -0.15) is 4.31 Å². The van der Waals surface area contributed by atoms with E-state index in [9.17, 15) is 13.2 Å². The van der Waals surface area contributed by atoms with E-state index >= 15 is 0 Å². The summed E-state index contributed by atoms with van der Waals surface area (Å²) >= 11 is 0. The molecule has 0 radical (unpaired) electrons. The molecular formula is C23H31N3O3S. The first kappa shape index (κ1) is 21.1. The van der Waals surface area contributed by atoms with E-state index in [-0.39, 0.29) is 11.9 Å². The van der Waals surface area contributed by atoms with Crippen molar-refractivity contribution in [3.63, 3.8) is 0 Å². The van der Waals surface area contributed by atoms with Gasteiger partial charge in [0.15, 0.2) is 0 Å². The van der Waals surface area contributed by atoms with Crippen molar-refractivity contribution in [3.8, 4) is 0 Å². The number of carbonyl (C=O) groups excluding carboxylic acids is 1. The summed E-state index contributed by atoms with van der Waals surface area (Å²) in [6.45, 7) is 6.72. The van der Waals surface area contributed by atoms with E-state index in [1.807, 2.05) is 30.0 Å². The number of amides is 1. The van der Waals surface area contributed by atoms with Crippen molar-refractivity contribution < 1.29 is 13.2 Å². The van der Waals surface area contributed by atoms with E-state index in [4.69, 9.17) is 0 Å². The molecular weight excluding hydrogens is 398 g/mol. The first-order chi connectivity index (χ1) is 14.2. The fourth-order valence-electron chi connectivity index (χ4n) is 5.03. The SMILES string of the molecule is Cc1c(S(=O)(=O)N2CCCCCC2)c(C)n(C)c1C(=O)N1c2ccccc2C[C@H]1C. The minimum absolute atomic E-state index is 0.0372. The van der Waals surface area contributed by atoms with Gasteiger partial charge in [-0.1, -0.05) is 31.0 Å². The van der Waals surface area contributed by atoms with Crippen molar-refractivity contribution in [2.24, 2.45) is 7.05 Å². The van der Waals surface area contributed by atoms with Gasteiger partial charge in [-0.3, -0.25) is 4.79 Å². The van der Waals surface area contributed by atoms with E-state index in [0.717, 1.165) is 43.4 Å². The van der Waals surface area contributed by atoms with Crippen LogP contribution in [0.3, 0.4) is 0 Å². The van der Waals surface area contributed by atoms with E-state index < -0.39 is 10.0 Å². The van der Waals surface area contributed by atoms with Gasteiger partial charge in [0.25, 0.3) is 5.91 Å². The topological polar surface area (TPSA) is 62.6 Å². The zero-order valence-corrected chi connectivity index (χ0v) is 19.1. The Morgan fingerprint density at radius 1 is 1.03 bits per heavy atom. The number of nitrogens with zero attached hydrogens (tertiary/aromatic N) is 3. The second kappa shape index (κ2) is 7.85. The zero-order valence-electron chi connectivity index (χ0n) is 18.3. The third kappa shape index (κ3) is 3.28. The highest BCUT2D eigenvalue weighted by Crippen LogP contribution is 2.36. The first-order valence-corrected chi connectivity index (χ1v) is 12.3. The molecule has 0 N–H and O–H groups in total. The fraction of sp³-hybridized carbons (Fsp3) is 0.522. The molecule has 0 bridgehead atoms. The maximum Gasteiger partial charge on any atom is 0.275 e. The quantitative estimate of drug-likeness (QED) is 0.746. The van der Waals surface area contributed by atoms with Gasteiger partial charge in [0.2, 0.25) is 10.0 Å². The summed E-state index contributed by atoms with van der Waals surface area (Å²) in [5.74, 6) is -0.132. The maximum atomic E-state index is 13.7. The van der Waals surface area contributed by atoms with Crippen molar-refractivity contribution >= 4 is 21.6 Å². The van der Waals surface area contributed by atoms with Crippen molar-refractivity contribution in [2.45, 2.75) is 63.8 Å². The van der Waals surface area contributed by atoms with Crippen molar-refractivity contribution in [3.05, 3.63) is 46.8 Å². The summed E-state index contributed by atoms with van der Waals surface area (Å²) < 4.78 is 30.5. The molecule has 1 atom stereocenters. The van der Waals surface area contributed by atoms with Gasteiger partial charge in [-0.15, -0.1) is 0 Å². The summed E-state index contributed by atoms with van der Waals surface area (Å²) in [6, 6.07) is 7.99. The van der Waals surface area contributed by atoms with Crippen LogP contribution in [-0.2, 0) is 23.5 Å². The Bertz CT molecular complexity index is 1080. The van der Waals surface area contributed by atoms with Gasteiger partial charge in [0, 0.05) is 43.1 Å². The number of carbonyl (C=O) groups is 1. The molecule has 2 aliphatic heterocycles. The second-order valence-corrected chi connectivity index (χ2v) is 10.5. The standard InChI is InChI=1S/C23H31N3O3S/c1-16-15-19-11-7-8-12-20(19)26(16)23(27)21-17(2)22(18(3)24(21)4)30(28,29)25-13-9-5-6-10-14-25/h7-8,11-12,16H,5-6,9-10,13-15H2,1-4H3/t16-/m1/s1. The van der Waals surface area contributed by atoms with Crippen molar-refractivity contribution in [2.75, 3.05) is 18.0 Å². The van der Waals surface area contributed by atoms with E-state index in [0.29, 0.717) is 34.9 Å². The van der Waals surface area contributed by atoms with Gasteiger partial charge in [-0.25, -0.2) is 8.42 Å². The number of rotatable bonds is 3. The van der Waals surface area contributed by atoms with Crippen molar-refractivity contribution in [1.82, 2.24) is 8.87 Å². The summed E-state index contributed by atoms with van der Waals surface area (Å²) in [6.07, 6.45) is 4.71. The van der Waals surface area contributed by atoms with Crippen LogP contribution in [0.2, 0.25) is 0 Å². The molecule has 4 rings (SSSR count). The molecule has 0 unspecified atom stereocenters. The van der Waals surface area contributed by atoms with Crippen LogP contribution in [0.25, 0.3) is 0 Å². The van der Waals surface area contributed by atoms with Gasteiger partial charge >= 0.3 is 0 Å². The maximum absolute atomic E-state index is 13.7. The highest BCUT2D eigenvalue weighted by molar-refractivity contribution is 7.89. The Kier molecular flexibility index (Phi) is 5.53. The largest absolute Gasteiger partial charge is 0.342 e. The predicted octanol–water partition coefficient (Wildman–Crippen LogP) is 3.80. The van der Waals surface area contributed by atoms with Crippen LogP contribution in [0.4, 0.5) is 5.69 Å². The van der Waals surface area contributed by atoms with Gasteiger partial charge in [0.1, 0.15) is 10.6 Å². The fourth-order valence-corrected chi connectivity index (χ4v) is 7.03. The van der Waals surface area contributed by atoms with Crippen LogP contribution >= 0.6 is 0 Å². The zero-order chi connectivity index (χ0) is 21.6. The van der Waals surface area contributed by atoms with E-state index in [1.165, 1.54) is 0 Å². The summed E-state index contributed by atoms with van der Waals surface area (Å²) in [4.78, 5) is 15.8. The Hall–Kier alpha value is -2.12. The van der Waals surface area contributed by atoms with Crippen LogP contribution in [-0.4, -0.2) is 42.3 Å². The molecule has 0 saturated carbocycles. The molecule has 1 fully saturated rings. The van der Waals surface area contributed by atoms with Crippen LogP contribution in [0, 0.1) is 13.8 Å². The average Bonchev–Trinajstić information content (AvgIpc) is 2.97. The molecule has 6 nitrogen and oxygen atoms in total. The Morgan fingerprint density at radius 2 is 1.67 bits per heavy atom. The molecule has 30 heavy (non-hydrogen) atoms. The Balaban J connectivity index is 1.77. The van der Waals surface area contributed by atoms with Crippen LogP contribution in [0.1, 0.15) is 59.9 Å². The third-order valence-corrected chi connectivity index (χ3v) is 8.82. The minimum Gasteiger partial charge on any atom is -0.342 e. The smallest absolute Gasteiger partial charge is 0.275 e. The monoisotopic (exact) mass is 429 g/mol. The minimum atomic E-state index is -3.64. The van der Waals surface area contributed by atoms with Crippen LogP contribution in [0.5, 0.6) is 0 Å². The lowest BCUT2D eigenvalue weighted by Gasteiger charge is -2.23. The molecule has 1 aromatic heterocycles. The second-order valence-electron chi connectivity index (χ2n) is 8.62. The number of benzene rings is 1. The first-order valence-electron chi connectivity index (χ1n) is 10.8.